The predicted molar refractivity (Wildman–Crippen MR) is 76.0 cm³/mol. The van der Waals surface area contributed by atoms with Crippen LogP contribution in [0.4, 0.5) is 0 Å². The molecule has 2 N–H and O–H groups in total. The van der Waals surface area contributed by atoms with Gasteiger partial charge in [0, 0.05) is 16.1 Å². The van der Waals surface area contributed by atoms with Crippen molar-refractivity contribution in [1.29, 1.82) is 0 Å². The number of benzene rings is 1. The lowest BCUT2D eigenvalue weighted by molar-refractivity contribution is 0.124. The van der Waals surface area contributed by atoms with E-state index in [1.54, 1.807) is 0 Å². The lowest BCUT2D eigenvalue weighted by atomic mass is 9.88. The van der Waals surface area contributed by atoms with Crippen LogP contribution >= 0.6 is 15.9 Å². The van der Waals surface area contributed by atoms with Crippen LogP contribution in [0.15, 0.2) is 28.7 Å². The Morgan fingerprint density at radius 3 is 2.24 bits per heavy atom. The largest absolute Gasteiger partial charge is 0.322 e. The van der Waals surface area contributed by atoms with E-state index in [0.29, 0.717) is 0 Å². The van der Waals surface area contributed by atoms with Crippen LogP contribution in [0.5, 0.6) is 0 Å². The number of halogens is 1. The van der Waals surface area contributed by atoms with Crippen molar-refractivity contribution in [2.75, 3.05) is 13.1 Å². The summed E-state index contributed by atoms with van der Waals surface area (Å²) in [6, 6.07) is 8.43. The maximum absolute atomic E-state index is 6.45. The summed E-state index contributed by atoms with van der Waals surface area (Å²) in [6.45, 7) is 6.87. The zero-order chi connectivity index (χ0) is 12.5. The van der Waals surface area contributed by atoms with Crippen molar-refractivity contribution in [3.05, 3.63) is 34.3 Å². The van der Waals surface area contributed by atoms with Crippen molar-refractivity contribution in [3.8, 4) is 0 Å². The molecule has 1 aliphatic heterocycles. The van der Waals surface area contributed by atoms with Crippen LogP contribution in [0.1, 0.15) is 38.3 Å². The molecule has 1 aromatic rings. The monoisotopic (exact) mass is 296 g/mol. The van der Waals surface area contributed by atoms with Gasteiger partial charge in [0.05, 0.1) is 0 Å². The molecule has 1 fully saturated rings. The first kappa shape index (κ1) is 13.1. The maximum atomic E-state index is 6.45. The van der Waals surface area contributed by atoms with Gasteiger partial charge in [-0.15, -0.1) is 0 Å². The molecule has 0 amide bonds. The highest BCUT2D eigenvalue weighted by Crippen LogP contribution is 2.32. The zero-order valence-electron chi connectivity index (χ0n) is 10.6. The summed E-state index contributed by atoms with van der Waals surface area (Å²) in [4.78, 5) is 2.51. The average Bonchev–Trinajstić information content (AvgIpc) is 2.83. The number of likely N-dealkylation sites (tertiary alicyclic amines) is 1. The molecular weight excluding hydrogens is 276 g/mol. The summed E-state index contributed by atoms with van der Waals surface area (Å²) in [5, 5.41) is 0. The average molecular weight is 297 g/mol. The Morgan fingerprint density at radius 2 is 1.71 bits per heavy atom. The number of hydrogen-bond donors (Lipinski definition) is 1. The molecule has 1 saturated heterocycles. The number of rotatable bonds is 3. The van der Waals surface area contributed by atoms with E-state index in [1.165, 1.54) is 31.5 Å². The van der Waals surface area contributed by atoms with Gasteiger partial charge in [-0.3, -0.25) is 4.90 Å². The molecule has 0 aliphatic carbocycles. The maximum Gasteiger partial charge on any atom is 0.0476 e. The second-order valence-corrected chi connectivity index (χ2v) is 6.29. The molecule has 0 radical (unpaired) electrons. The molecule has 0 aromatic heterocycles. The zero-order valence-corrected chi connectivity index (χ0v) is 12.2. The Balaban J connectivity index is 2.17. The molecule has 94 valence electrons. The van der Waals surface area contributed by atoms with Gasteiger partial charge in [-0.1, -0.05) is 28.1 Å². The van der Waals surface area contributed by atoms with Gasteiger partial charge in [0.15, 0.2) is 0 Å². The van der Waals surface area contributed by atoms with Gasteiger partial charge in [0.25, 0.3) is 0 Å². The van der Waals surface area contributed by atoms with Crippen molar-refractivity contribution in [1.82, 2.24) is 4.90 Å². The van der Waals surface area contributed by atoms with E-state index in [9.17, 15) is 0 Å². The van der Waals surface area contributed by atoms with Gasteiger partial charge < -0.3 is 5.73 Å². The van der Waals surface area contributed by atoms with E-state index in [1.807, 2.05) is 0 Å². The van der Waals surface area contributed by atoms with Crippen LogP contribution in [0, 0.1) is 0 Å². The third-order valence-electron chi connectivity index (χ3n) is 3.91. The molecule has 0 spiro atoms. The molecule has 2 nitrogen and oxygen atoms in total. The summed E-state index contributed by atoms with van der Waals surface area (Å²) in [6.07, 6.45) is 2.60. The van der Waals surface area contributed by atoms with Crippen LogP contribution in [0.2, 0.25) is 0 Å². The molecule has 1 aromatic carbocycles. The smallest absolute Gasteiger partial charge is 0.0476 e. The molecule has 3 heteroatoms. The SMILES string of the molecule is CC(C)(C(N)c1ccc(Br)cc1)N1CCCC1. The Bertz CT molecular complexity index is 366. The lowest BCUT2D eigenvalue weighted by Crippen LogP contribution is -2.49. The van der Waals surface area contributed by atoms with Crippen molar-refractivity contribution < 1.29 is 0 Å². The van der Waals surface area contributed by atoms with Crippen molar-refractivity contribution in [2.24, 2.45) is 5.73 Å². The standard InChI is InChI=1S/C14H21BrN2/c1-14(2,17-9-3-4-10-17)13(16)11-5-7-12(15)8-6-11/h5-8,13H,3-4,9-10,16H2,1-2H3. The van der Waals surface area contributed by atoms with E-state index in [4.69, 9.17) is 5.73 Å². The van der Waals surface area contributed by atoms with Gasteiger partial charge in [0.1, 0.15) is 0 Å². The Kier molecular flexibility index (Phi) is 3.91. The fourth-order valence-corrected chi connectivity index (χ4v) is 2.83. The van der Waals surface area contributed by atoms with Crippen LogP contribution in [-0.4, -0.2) is 23.5 Å². The van der Waals surface area contributed by atoms with Crippen LogP contribution in [0.25, 0.3) is 0 Å². The number of hydrogen-bond acceptors (Lipinski definition) is 2. The minimum Gasteiger partial charge on any atom is -0.322 e. The van der Waals surface area contributed by atoms with E-state index in [-0.39, 0.29) is 11.6 Å². The van der Waals surface area contributed by atoms with Gasteiger partial charge in [-0.05, 0) is 57.5 Å². The number of nitrogens with zero attached hydrogens (tertiary/aromatic N) is 1. The first-order valence-corrected chi connectivity index (χ1v) is 7.07. The highest BCUT2D eigenvalue weighted by molar-refractivity contribution is 9.10. The van der Waals surface area contributed by atoms with E-state index in [0.717, 1.165) is 4.47 Å². The Labute approximate surface area is 112 Å². The lowest BCUT2D eigenvalue weighted by Gasteiger charge is -2.40. The van der Waals surface area contributed by atoms with E-state index >= 15 is 0 Å². The Morgan fingerprint density at radius 1 is 1.18 bits per heavy atom. The second-order valence-electron chi connectivity index (χ2n) is 5.38. The molecule has 1 unspecified atom stereocenters. The van der Waals surface area contributed by atoms with Crippen LogP contribution in [0.3, 0.4) is 0 Å². The van der Waals surface area contributed by atoms with Gasteiger partial charge >= 0.3 is 0 Å². The highest BCUT2D eigenvalue weighted by Gasteiger charge is 2.35. The molecule has 1 heterocycles. The summed E-state index contributed by atoms with van der Waals surface area (Å²) < 4.78 is 1.10. The summed E-state index contributed by atoms with van der Waals surface area (Å²) in [7, 11) is 0. The molecular formula is C14H21BrN2. The molecule has 0 bridgehead atoms. The predicted octanol–water partition coefficient (Wildman–Crippen LogP) is 3.32. The molecule has 17 heavy (non-hydrogen) atoms. The van der Waals surface area contributed by atoms with Gasteiger partial charge in [-0.2, -0.15) is 0 Å². The fourth-order valence-electron chi connectivity index (χ4n) is 2.57. The quantitative estimate of drug-likeness (QED) is 0.927. The summed E-state index contributed by atoms with van der Waals surface area (Å²) in [5.41, 5.74) is 7.69. The van der Waals surface area contributed by atoms with Crippen LogP contribution < -0.4 is 5.73 Å². The third-order valence-corrected chi connectivity index (χ3v) is 4.44. The molecule has 1 atom stereocenters. The number of nitrogens with two attached hydrogens (primary N) is 1. The van der Waals surface area contributed by atoms with Crippen molar-refractivity contribution in [3.63, 3.8) is 0 Å². The third kappa shape index (κ3) is 2.72. The van der Waals surface area contributed by atoms with E-state index in [2.05, 4.69) is 58.9 Å². The van der Waals surface area contributed by atoms with Gasteiger partial charge in [0.2, 0.25) is 0 Å². The van der Waals surface area contributed by atoms with Crippen LogP contribution in [-0.2, 0) is 0 Å². The van der Waals surface area contributed by atoms with Crippen molar-refractivity contribution in [2.45, 2.75) is 38.3 Å². The normalized spacial score (nSPS) is 19.5. The van der Waals surface area contributed by atoms with Gasteiger partial charge in [-0.25, -0.2) is 0 Å². The molecule has 2 rings (SSSR count). The second kappa shape index (κ2) is 5.09. The van der Waals surface area contributed by atoms with Crippen molar-refractivity contribution >= 4 is 15.9 Å². The van der Waals surface area contributed by atoms with E-state index < -0.39 is 0 Å². The minimum absolute atomic E-state index is 0.0321. The summed E-state index contributed by atoms with van der Waals surface area (Å²) >= 11 is 3.46. The highest BCUT2D eigenvalue weighted by atomic mass is 79.9. The first-order chi connectivity index (χ1) is 8.01. The molecule has 0 saturated carbocycles. The topological polar surface area (TPSA) is 29.3 Å². The summed E-state index contributed by atoms with van der Waals surface area (Å²) in [5.74, 6) is 0. The molecule has 1 aliphatic rings. The Hall–Kier alpha value is -0.380. The minimum atomic E-state index is 0.0321. The first-order valence-electron chi connectivity index (χ1n) is 6.28. The fraction of sp³-hybridized carbons (Fsp3) is 0.571.